The van der Waals surface area contributed by atoms with Crippen molar-refractivity contribution in [3.05, 3.63) is 59.2 Å². The van der Waals surface area contributed by atoms with Crippen LogP contribution in [0, 0.1) is 23.0 Å². The maximum absolute atomic E-state index is 13.5. The molecule has 0 atom stereocenters. The molecule has 2 aromatic carbocycles. The molecule has 106 valence electrons. The average molecular weight is 288 g/mol. The number of hydrazine groups is 1. The van der Waals surface area contributed by atoms with Gasteiger partial charge in [0.25, 0.3) is 5.91 Å². The predicted octanol–water partition coefficient (Wildman–Crippen LogP) is 2.37. The lowest BCUT2D eigenvalue weighted by Gasteiger charge is -2.11. The first-order valence-electron chi connectivity index (χ1n) is 5.83. The second kappa shape index (κ2) is 5.98. The normalized spacial score (nSPS) is 9.81. The number of nitrogen functional groups attached to an aromatic ring is 1. The summed E-state index contributed by atoms with van der Waals surface area (Å²) in [5.74, 6) is 3.00. The number of nitrogens with zero attached hydrogens (tertiary/aromatic N) is 1. The summed E-state index contributed by atoms with van der Waals surface area (Å²) in [6, 6.07) is 9.29. The predicted molar refractivity (Wildman–Crippen MR) is 73.3 cm³/mol. The molecule has 0 aliphatic rings. The lowest BCUT2D eigenvalue weighted by Crippen LogP contribution is -2.19. The molecule has 0 aliphatic heterocycles. The van der Waals surface area contributed by atoms with Crippen molar-refractivity contribution in [1.82, 2.24) is 0 Å². The number of hydrogen-bond donors (Lipinski definition) is 3. The Morgan fingerprint density at radius 2 is 1.81 bits per heavy atom. The maximum Gasteiger partial charge on any atom is 0.257 e. The van der Waals surface area contributed by atoms with Gasteiger partial charge in [-0.2, -0.15) is 5.26 Å². The quantitative estimate of drug-likeness (QED) is 0.597. The van der Waals surface area contributed by atoms with E-state index < -0.39 is 17.5 Å². The average Bonchev–Trinajstić information content (AvgIpc) is 2.47. The summed E-state index contributed by atoms with van der Waals surface area (Å²) < 4.78 is 27.0. The van der Waals surface area contributed by atoms with Crippen LogP contribution < -0.4 is 16.6 Å². The number of hydrogen-bond acceptors (Lipinski definition) is 4. The number of amides is 1. The number of anilines is 2. The number of carbonyl (C=O) groups excluding carboxylic acids is 1. The van der Waals surface area contributed by atoms with Crippen LogP contribution in [0.1, 0.15) is 15.9 Å². The lowest BCUT2D eigenvalue weighted by molar-refractivity contribution is 0.102. The van der Waals surface area contributed by atoms with Crippen LogP contribution in [-0.4, -0.2) is 5.91 Å². The van der Waals surface area contributed by atoms with Gasteiger partial charge in [-0.25, -0.2) is 8.78 Å². The highest BCUT2D eigenvalue weighted by atomic mass is 19.1. The number of nitrogens with one attached hydrogen (secondary N) is 2. The van der Waals surface area contributed by atoms with Crippen LogP contribution in [0.3, 0.4) is 0 Å². The van der Waals surface area contributed by atoms with Crippen molar-refractivity contribution in [2.24, 2.45) is 5.84 Å². The van der Waals surface area contributed by atoms with Gasteiger partial charge >= 0.3 is 0 Å². The first-order valence-corrected chi connectivity index (χ1v) is 5.83. The number of nitriles is 1. The number of nitrogens with two attached hydrogens (primary N) is 1. The lowest BCUT2D eigenvalue weighted by atomic mass is 10.1. The third-order valence-electron chi connectivity index (χ3n) is 2.78. The molecule has 0 radical (unpaired) electrons. The Bertz CT molecular complexity index is 740. The fourth-order valence-electron chi connectivity index (χ4n) is 1.79. The molecule has 0 heterocycles. The van der Waals surface area contributed by atoms with Crippen LogP contribution in [0.25, 0.3) is 0 Å². The van der Waals surface area contributed by atoms with Crippen molar-refractivity contribution >= 4 is 17.3 Å². The number of benzene rings is 2. The summed E-state index contributed by atoms with van der Waals surface area (Å²) in [6.45, 7) is 0. The van der Waals surface area contributed by atoms with Gasteiger partial charge in [-0.05, 0) is 24.3 Å². The maximum atomic E-state index is 13.5. The Kier molecular flexibility index (Phi) is 4.11. The fraction of sp³-hybridized carbons (Fsp3) is 0. The first-order chi connectivity index (χ1) is 10.1. The molecule has 1 amide bonds. The Morgan fingerprint density at radius 3 is 2.48 bits per heavy atom. The standard InChI is InChI=1S/C14H10F2N4O/c15-10-4-2-6-12(9(10)7-17)19-14(21)8-3-1-5-11(16)13(8)20-18/h1-6,20H,18H2,(H,19,21). The van der Waals surface area contributed by atoms with Gasteiger partial charge in [-0.15, -0.1) is 0 Å². The zero-order chi connectivity index (χ0) is 15.4. The van der Waals surface area contributed by atoms with Gasteiger partial charge in [0.15, 0.2) is 0 Å². The van der Waals surface area contributed by atoms with Crippen molar-refractivity contribution in [2.45, 2.75) is 0 Å². The van der Waals surface area contributed by atoms with E-state index in [-0.39, 0.29) is 22.5 Å². The molecule has 0 fully saturated rings. The number of para-hydroxylation sites is 1. The van der Waals surface area contributed by atoms with Crippen molar-refractivity contribution in [3.8, 4) is 6.07 Å². The van der Waals surface area contributed by atoms with E-state index in [2.05, 4.69) is 10.7 Å². The van der Waals surface area contributed by atoms with Gasteiger partial charge in [0.2, 0.25) is 0 Å². The summed E-state index contributed by atoms with van der Waals surface area (Å²) in [5.41, 5.74) is 1.54. The second-order valence-electron chi connectivity index (χ2n) is 4.04. The zero-order valence-corrected chi connectivity index (χ0v) is 10.7. The van der Waals surface area contributed by atoms with Crippen LogP contribution in [-0.2, 0) is 0 Å². The van der Waals surface area contributed by atoms with E-state index in [1.807, 2.05) is 0 Å². The Balaban J connectivity index is 2.38. The third-order valence-corrected chi connectivity index (χ3v) is 2.78. The largest absolute Gasteiger partial charge is 0.321 e. The molecule has 4 N–H and O–H groups in total. The first kappa shape index (κ1) is 14.4. The van der Waals surface area contributed by atoms with Gasteiger partial charge in [0, 0.05) is 0 Å². The number of rotatable bonds is 3. The SMILES string of the molecule is N#Cc1c(F)cccc1NC(=O)c1cccc(F)c1NN. The van der Waals surface area contributed by atoms with Crippen LogP contribution in [0.2, 0.25) is 0 Å². The van der Waals surface area contributed by atoms with Gasteiger partial charge in [0.1, 0.15) is 23.3 Å². The molecule has 0 aliphatic carbocycles. The highest BCUT2D eigenvalue weighted by Crippen LogP contribution is 2.22. The van der Waals surface area contributed by atoms with E-state index in [0.29, 0.717) is 0 Å². The van der Waals surface area contributed by atoms with Crippen LogP contribution in [0.4, 0.5) is 20.2 Å². The summed E-state index contributed by atoms with van der Waals surface area (Å²) in [4.78, 5) is 12.1. The molecule has 2 rings (SSSR count). The third kappa shape index (κ3) is 2.80. The molecule has 0 saturated heterocycles. The van der Waals surface area contributed by atoms with Gasteiger partial charge in [-0.3, -0.25) is 10.6 Å². The second-order valence-corrected chi connectivity index (χ2v) is 4.04. The number of carbonyl (C=O) groups is 1. The molecule has 0 aromatic heterocycles. The fourth-order valence-corrected chi connectivity index (χ4v) is 1.79. The van der Waals surface area contributed by atoms with E-state index in [9.17, 15) is 13.6 Å². The topological polar surface area (TPSA) is 90.9 Å². The summed E-state index contributed by atoms with van der Waals surface area (Å²) >= 11 is 0. The minimum Gasteiger partial charge on any atom is -0.321 e. The minimum atomic E-state index is -0.758. The molecule has 21 heavy (non-hydrogen) atoms. The number of halogens is 2. The van der Waals surface area contributed by atoms with E-state index >= 15 is 0 Å². The van der Waals surface area contributed by atoms with Crippen LogP contribution in [0.5, 0.6) is 0 Å². The summed E-state index contributed by atoms with van der Waals surface area (Å²) in [6.07, 6.45) is 0. The van der Waals surface area contributed by atoms with Crippen molar-refractivity contribution in [2.75, 3.05) is 10.7 Å². The molecule has 0 bridgehead atoms. The Morgan fingerprint density at radius 1 is 1.14 bits per heavy atom. The molecule has 0 unspecified atom stereocenters. The summed E-state index contributed by atoms with van der Waals surface area (Å²) in [7, 11) is 0. The van der Waals surface area contributed by atoms with E-state index in [1.165, 1.54) is 24.3 Å². The minimum absolute atomic E-state index is 0.00488. The van der Waals surface area contributed by atoms with Crippen LogP contribution in [0.15, 0.2) is 36.4 Å². The molecule has 5 nitrogen and oxygen atoms in total. The van der Waals surface area contributed by atoms with E-state index in [0.717, 1.165) is 12.1 Å². The summed E-state index contributed by atoms with van der Waals surface area (Å²) in [5, 5.41) is 11.3. The molecular formula is C14H10F2N4O. The van der Waals surface area contributed by atoms with Gasteiger partial charge in [-0.1, -0.05) is 12.1 Å². The molecule has 2 aromatic rings. The Hall–Kier alpha value is -2.98. The highest BCUT2D eigenvalue weighted by molar-refractivity contribution is 6.08. The van der Waals surface area contributed by atoms with Gasteiger partial charge in [0.05, 0.1) is 16.9 Å². The molecular weight excluding hydrogens is 278 g/mol. The van der Waals surface area contributed by atoms with E-state index in [1.54, 1.807) is 6.07 Å². The highest BCUT2D eigenvalue weighted by Gasteiger charge is 2.16. The Labute approximate surface area is 119 Å². The van der Waals surface area contributed by atoms with Gasteiger partial charge < -0.3 is 10.7 Å². The monoisotopic (exact) mass is 288 g/mol. The molecule has 7 heteroatoms. The molecule has 0 saturated carbocycles. The van der Waals surface area contributed by atoms with Crippen molar-refractivity contribution in [3.63, 3.8) is 0 Å². The smallest absolute Gasteiger partial charge is 0.257 e. The van der Waals surface area contributed by atoms with Crippen molar-refractivity contribution < 1.29 is 13.6 Å². The van der Waals surface area contributed by atoms with Crippen molar-refractivity contribution in [1.29, 1.82) is 5.26 Å². The zero-order valence-electron chi connectivity index (χ0n) is 10.7. The molecule has 0 spiro atoms. The van der Waals surface area contributed by atoms with Crippen LogP contribution >= 0.6 is 0 Å². The van der Waals surface area contributed by atoms with E-state index in [4.69, 9.17) is 11.1 Å².